The summed E-state index contributed by atoms with van der Waals surface area (Å²) in [5.74, 6) is -0.0390. The van der Waals surface area contributed by atoms with Crippen LogP contribution >= 0.6 is 0 Å². The monoisotopic (exact) mass is 309 g/mol. The zero-order valence-corrected chi connectivity index (χ0v) is 14.1. The SMILES string of the molecule is CC[N+](C)(C)CCCOC(=O)CCc1ccc([O-])c(OC)c1. The number of ether oxygens (including phenoxy) is 2. The van der Waals surface area contributed by atoms with Crippen molar-refractivity contribution >= 4 is 5.97 Å². The highest BCUT2D eigenvalue weighted by Gasteiger charge is 2.11. The number of quaternary nitrogens is 1. The molecule has 0 amide bonds. The first kappa shape index (κ1) is 18.3. The van der Waals surface area contributed by atoms with Gasteiger partial charge in [0.2, 0.25) is 0 Å². The maximum Gasteiger partial charge on any atom is 0.306 e. The number of rotatable bonds is 9. The molecular formula is C17H27NO4. The van der Waals surface area contributed by atoms with Crippen LogP contribution in [0.5, 0.6) is 11.5 Å². The van der Waals surface area contributed by atoms with Gasteiger partial charge in [-0.15, -0.1) is 0 Å². The van der Waals surface area contributed by atoms with Crippen LogP contribution in [0.15, 0.2) is 18.2 Å². The van der Waals surface area contributed by atoms with Gasteiger partial charge in [-0.3, -0.25) is 4.79 Å². The Hall–Kier alpha value is -1.75. The lowest BCUT2D eigenvalue weighted by Crippen LogP contribution is -2.40. The Labute approximate surface area is 133 Å². The molecule has 0 bridgehead atoms. The van der Waals surface area contributed by atoms with E-state index in [0.29, 0.717) is 25.2 Å². The van der Waals surface area contributed by atoms with Crippen molar-refractivity contribution in [3.8, 4) is 11.5 Å². The van der Waals surface area contributed by atoms with Crippen LogP contribution < -0.4 is 9.84 Å². The largest absolute Gasteiger partial charge is 0.870 e. The average Bonchev–Trinajstić information content (AvgIpc) is 2.50. The van der Waals surface area contributed by atoms with Crippen LogP contribution in [0.2, 0.25) is 0 Å². The number of hydrogen-bond donors (Lipinski definition) is 0. The molecule has 1 aromatic rings. The van der Waals surface area contributed by atoms with Gasteiger partial charge in [0.05, 0.1) is 40.9 Å². The number of aryl methyl sites for hydroxylation is 1. The number of carbonyl (C=O) groups excluding carboxylic acids is 1. The Morgan fingerprint density at radius 3 is 2.68 bits per heavy atom. The summed E-state index contributed by atoms with van der Waals surface area (Å²) in [5.41, 5.74) is 0.900. The molecule has 1 rings (SSSR count). The fourth-order valence-corrected chi connectivity index (χ4v) is 2.02. The second-order valence-corrected chi connectivity index (χ2v) is 6.03. The highest BCUT2D eigenvalue weighted by Crippen LogP contribution is 2.24. The Kier molecular flexibility index (Phi) is 7.18. The summed E-state index contributed by atoms with van der Waals surface area (Å²) < 4.78 is 11.2. The van der Waals surface area contributed by atoms with Gasteiger partial charge in [0.1, 0.15) is 5.75 Å². The number of hydrogen-bond acceptors (Lipinski definition) is 4. The number of methoxy groups -OCH3 is 1. The summed E-state index contributed by atoms with van der Waals surface area (Å²) in [7, 11) is 5.79. The molecular weight excluding hydrogens is 282 g/mol. The van der Waals surface area contributed by atoms with Crippen LogP contribution in [0.1, 0.15) is 25.3 Å². The zero-order valence-electron chi connectivity index (χ0n) is 14.1. The molecule has 124 valence electrons. The van der Waals surface area contributed by atoms with Gasteiger partial charge in [0.25, 0.3) is 0 Å². The lowest BCUT2D eigenvalue weighted by Gasteiger charge is -2.27. The van der Waals surface area contributed by atoms with Gasteiger partial charge in [-0.1, -0.05) is 17.9 Å². The van der Waals surface area contributed by atoms with Crippen molar-refractivity contribution in [3.05, 3.63) is 23.8 Å². The Balaban J connectivity index is 2.29. The normalized spacial score (nSPS) is 11.3. The summed E-state index contributed by atoms with van der Waals surface area (Å²) in [6.07, 6.45) is 1.73. The lowest BCUT2D eigenvalue weighted by atomic mass is 10.1. The molecule has 5 heteroatoms. The van der Waals surface area contributed by atoms with E-state index in [4.69, 9.17) is 9.47 Å². The third-order valence-electron chi connectivity index (χ3n) is 3.87. The second-order valence-electron chi connectivity index (χ2n) is 6.03. The molecule has 0 N–H and O–H groups in total. The van der Waals surface area contributed by atoms with E-state index in [2.05, 4.69) is 21.0 Å². The quantitative estimate of drug-likeness (QED) is 0.396. The van der Waals surface area contributed by atoms with E-state index in [1.165, 1.54) is 13.2 Å². The van der Waals surface area contributed by atoms with E-state index < -0.39 is 0 Å². The second kappa shape index (κ2) is 8.63. The van der Waals surface area contributed by atoms with Crippen LogP contribution in [-0.2, 0) is 16.0 Å². The van der Waals surface area contributed by atoms with E-state index in [0.717, 1.165) is 29.6 Å². The Morgan fingerprint density at radius 2 is 2.05 bits per heavy atom. The summed E-state index contributed by atoms with van der Waals surface area (Å²) in [6.45, 7) is 4.66. The van der Waals surface area contributed by atoms with E-state index in [1.54, 1.807) is 12.1 Å². The summed E-state index contributed by atoms with van der Waals surface area (Å²) in [4.78, 5) is 11.7. The van der Waals surface area contributed by atoms with Gasteiger partial charge in [-0.05, 0) is 25.0 Å². The third kappa shape index (κ3) is 6.35. The van der Waals surface area contributed by atoms with E-state index in [-0.39, 0.29) is 11.7 Å². The van der Waals surface area contributed by atoms with Gasteiger partial charge in [-0.2, -0.15) is 0 Å². The number of carbonyl (C=O) groups is 1. The first-order valence-corrected chi connectivity index (χ1v) is 7.69. The zero-order chi connectivity index (χ0) is 16.6. The molecule has 0 aliphatic carbocycles. The van der Waals surface area contributed by atoms with E-state index >= 15 is 0 Å². The minimum atomic E-state index is -0.202. The first-order chi connectivity index (χ1) is 10.4. The molecule has 0 radical (unpaired) electrons. The van der Waals surface area contributed by atoms with Gasteiger partial charge in [-0.25, -0.2) is 0 Å². The molecule has 0 saturated heterocycles. The fourth-order valence-electron chi connectivity index (χ4n) is 2.02. The summed E-state index contributed by atoms with van der Waals surface area (Å²) >= 11 is 0. The lowest BCUT2D eigenvalue weighted by molar-refractivity contribution is -0.888. The predicted molar refractivity (Wildman–Crippen MR) is 83.9 cm³/mol. The molecule has 0 unspecified atom stereocenters. The fraction of sp³-hybridized carbons (Fsp3) is 0.588. The predicted octanol–water partition coefficient (Wildman–Crippen LogP) is 1.73. The topological polar surface area (TPSA) is 58.6 Å². The molecule has 22 heavy (non-hydrogen) atoms. The van der Waals surface area contributed by atoms with Crippen LogP contribution in [0, 0.1) is 0 Å². The highest BCUT2D eigenvalue weighted by molar-refractivity contribution is 5.69. The minimum absolute atomic E-state index is 0.148. The first-order valence-electron chi connectivity index (χ1n) is 7.69. The number of benzene rings is 1. The van der Waals surface area contributed by atoms with Crippen LogP contribution in [-0.4, -0.2) is 51.4 Å². The minimum Gasteiger partial charge on any atom is -0.870 e. The molecule has 0 spiro atoms. The maximum atomic E-state index is 11.7. The molecule has 0 aliphatic rings. The van der Waals surface area contributed by atoms with Crippen molar-refractivity contribution in [2.45, 2.75) is 26.2 Å². The van der Waals surface area contributed by atoms with E-state index in [9.17, 15) is 9.90 Å². The van der Waals surface area contributed by atoms with Crippen molar-refractivity contribution in [2.75, 3.05) is 40.9 Å². The van der Waals surface area contributed by atoms with Crippen LogP contribution in [0.3, 0.4) is 0 Å². The molecule has 0 fully saturated rings. The molecule has 1 aromatic carbocycles. The average molecular weight is 309 g/mol. The number of nitrogens with zero attached hydrogens (tertiary/aromatic N) is 1. The van der Waals surface area contributed by atoms with Crippen molar-refractivity contribution in [3.63, 3.8) is 0 Å². The maximum absolute atomic E-state index is 11.7. The Bertz CT molecular complexity index is 486. The molecule has 0 aromatic heterocycles. The van der Waals surface area contributed by atoms with Crippen molar-refractivity contribution in [1.29, 1.82) is 0 Å². The van der Waals surface area contributed by atoms with Gasteiger partial charge < -0.3 is 19.1 Å². The van der Waals surface area contributed by atoms with Crippen LogP contribution in [0.25, 0.3) is 0 Å². The van der Waals surface area contributed by atoms with Crippen LogP contribution in [0.4, 0.5) is 0 Å². The third-order valence-corrected chi connectivity index (χ3v) is 3.87. The van der Waals surface area contributed by atoms with Crippen molar-refractivity contribution < 1.29 is 23.9 Å². The smallest absolute Gasteiger partial charge is 0.306 e. The molecule has 0 aliphatic heterocycles. The highest BCUT2D eigenvalue weighted by atomic mass is 16.5. The number of esters is 1. The van der Waals surface area contributed by atoms with E-state index in [1.807, 2.05) is 0 Å². The van der Waals surface area contributed by atoms with Gasteiger partial charge in [0, 0.05) is 12.8 Å². The molecule has 5 nitrogen and oxygen atoms in total. The summed E-state index contributed by atoms with van der Waals surface area (Å²) in [5, 5.41) is 11.4. The van der Waals surface area contributed by atoms with Crippen molar-refractivity contribution in [2.24, 2.45) is 0 Å². The van der Waals surface area contributed by atoms with Gasteiger partial charge in [0.15, 0.2) is 0 Å². The summed E-state index contributed by atoms with van der Waals surface area (Å²) in [6, 6.07) is 4.86. The molecule has 0 atom stereocenters. The Morgan fingerprint density at radius 1 is 1.32 bits per heavy atom. The van der Waals surface area contributed by atoms with Gasteiger partial charge >= 0.3 is 5.97 Å². The standard InChI is InChI=1S/C17H27NO4/c1-5-18(2,3)11-6-12-22-17(20)10-8-14-7-9-15(19)16(13-14)21-4/h7,9,13H,5-6,8,10-12H2,1-4H3. The molecule has 0 saturated carbocycles. The molecule has 0 heterocycles. The van der Waals surface area contributed by atoms with Crippen molar-refractivity contribution in [1.82, 2.24) is 0 Å².